The quantitative estimate of drug-likeness (QED) is 0.765. The average Bonchev–Trinajstić information content (AvgIpc) is 2.67. The first-order valence-corrected chi connectivity index (χ1v) is 6.15. The molecule has 0 aromatic carbocycles. The molecule has 1 unspecified atom stereocenters. The molecule has 1 rings (SSSR count). The topological polar surface area (TPSA) is 58.6 Å². The fourth-order valence-corrected chi connectivity index (χ4v) is 1.88. The van der Waals surface area contributed by atoms with Crippen molar-refractivity contribution in [1.29, 1.82) is 0 Å². The van der Waals surface area contributed by atoms with Gasteiger partial charge in [-0.15, -0.1) is 0 Å². The zero-order chi connectivity index (χ0) is 12.8. The minimum absolute atomic E-state index is 0.0839. The number of rotatable bonds is 5. The molecule has 5 nitrogen and oxygen atoms in total. The summed E-state index contributed by atoms with van der Waals surface area (Å²) in [6.45, 7) is 6.67. The Bertz CT molecular complexity index is 273. The Hall–Kier alpha value is -1.10. The smallest absolute Gasteiger partial charge is 0.239 e. The molecule has 0 bridgehead atoms. The fraction of sp³-hybridized carbons (Fsp3) is 0.833. The third kappa shape index (κ3) is 5.17. The normalized spacial score (nSPS) is 19.4. The molecular formula is C12H22N2O3. The van der Waals surface area contributed by atoms with Crippen molar-refractivity contribution in [3.63, 3.8) is 0 Å². The summed E-state index contributed by atoms with van der Waals surface area (Å²) in [6.07, 6.45) is 2.09. The van der Waals surface area contributed by atoms with Crippen molar-refractivity contribution in [3.8, 4) is 0 Å². The molecule has 1 aliphatic rings. The van der Waals surface area contributed by atoms with Crippen LogP contribution in [0, 0.1) is 0 Å². The van der Waals surface area contributed by atoms with Crippen LogP contribution in [0.15, 0.2) is 0 Å². The first kappa shape index (κ1) is 14.0. The summed E-state index contributed by atoms with van der Waals surface area (Å²) in [4.78, 5) is 24.6. The molecule has 2 amide bonds. The summed E-state index contributed by atoms with van der Waals surface area (Å²) in [5, 5.41) is 2.78. The van der Waals surface area contributed by atoms with E-state index in [1.807, 2.05) is 13.8 Å². The largest absolute Gasteiger partial charge is 0.376 e. The molecule has 1 aliphatic heterocycles. The molecule has 1 saturated heterocycles. The lowest BCUT2D eigenvalue weighted by Crippen LogP contribution is -2.44. The van der Waals surface area contributed by atoms with E-state index in [2.05, 4.69) is 5.32 Å². The highest BCUT2D eigenvalue weighted by Crippen LogP contribution is 2.13. The van der Waals surface area contributed by atoms with Crippen molar-refractivity contribution in [3.05, 3.63) is 0 Å². The van der Waals surface area contributed by atoms with E-state index in [9.17, 15) is 9.59 Å². The number of hydrogen-bond donors (Lipinski definition) is 1. The summed E-state index contributed by atoms with van der Waals surface area (Å²) >= 11 is 0. The van der Waals surface area contributed by atoms with Gasteiger partial charge in [0, 0.05) is 26.1 Å². The number of nitrogens with one attached hydrogen (secondary N) is 1. The van der Waals surface area contributed by atoms with Gasteiger partial charge in [-0.2, -0.15) is 0 Å². The van der Waals surface area contributed by atoms with Crippen LogP contribution in [0.1, 0.15) is 33.6 Å². The number of hydrogen-bond acceptors (Lipinski definition) is 3. The molecule has 0 aromatic heterocycles. The lowest BCUT2D eigenvalue weighted by Gasteiger charge is -2.24. The van der Waals surface area contributed by atoms with Gasteiger partial charge in [0.25, 0.3) is 0 Å². The Balaban J connectivity index is 2.42. The summed E-state index contributed by atoms with van der Waals surface area (Å²) in [7, 11) is 0. The van der Waals surface area contributed by atoms with Gasteiger partial charge >= 0.3 is 0 Å². The maximum atomic E-state index is 11.6. The minimum Gasteiger partial charge on any atom is -0.376 e. The van der Waals surface area contributed by atoms with Crippen molar-refractivity contribution in [1.82, 2.24) is 10.2 Å². The number of carbonyl (C=O) groups excluding carboxylic acids is 2. The van der Waals surface area contributed by atoms with Gasteiger partial charge in [-0.25, -0.2) is 0 Å². The van der Waals surface area contributed by atoms with Gasteiger partial charge in [-0.3, -0.25) is 9.59 Å². The summed E-state index contributed by atoms with van der Waals surface area (Å²) < 4.78 is 5.47. The molecular weight excluding hydrogens is 220 g/mol. The van der Waals surface area contributed by atoms with Crippen LogP contribution in [0.2, 0.25) is 0 Å². The fourth-order valence-electron chi connectivity index (χ4n) is 1.88. The highest BCUT2D eigenvalue weighted by molar-refractivity contribution is 5.83. The van der Waals surface area contributed by atoms with Crippen LogP contribution in [-0.4, -0.2) is 48.6 Å². The third-order valence-electron chi connectivity index (χ3n) is 2.68. The van der Waals surface area contributed by atoms with E-state index in [1.54, 1.807) is 4.90 Å². The van der Waals surface area contributed by atoms with Gasteiger partial charge in [-0.1, -0.05) is 0 Å². The number of carbonyl (C=O) groups is 2. The molecule has 5 heteroatoms. The second-order valence-electron chi connectivity index (χ2n) is 4.76. The van der Waals surface area contributed by atoms with E-state index in [0.29, 0.717) is 6.54 Å². The van der Waals surface area contributed by atoms with E-state index in [0.717, 1.165) is 19.4 Å². The second-order valence-corrected chi connectivity index (χ2v) is 4.76. The maximum absolute atomic E-state index is 11.6. The van der Waals surface area contributed by atoms with Crippen molar-refractivity contribution < 1.29 is 14.3 Å². The van der Waals surface area contributed by atoms with E-state index >= 15 is 0 Å². The lowest BCUT2D eigenvalue weighted by atomic mass is 10.2. The van der Waals surface area contributed by atoms with Crippen LogP contribution < -0.4 is 5.32 Å². The summed E-state index contributed by atoms with van der Waals surface area (Å²) in [5.41, 5.74) is 0. The molecule has 0 aromatic rings. The monoisotopic (exact) mass is 242 g/mol. The van der Waals surface area contributed by atoms with Gasteiger partial charge in [-0.05, 0) is 26.7 Å². The van der Waals surface area contributed by atoms with Crippen molar-refractivity contribution >= 4 is 11.8 Å². The molecule has 1 fully saturated rings. The summed E-state index contributed by atoms with van der Waals surface area (Å²) in [6, 6.07) is 0.0963. The Morgan fingerprint density at radius 2 is 2.18 bits per heavy atom. The predicted molar refractivity (Wildman–Crippen MR) is 64.5 cm³/mol. The van der Waals surface area contributed by atoms with Crippen molar-refractivity contribution in [2.24, 2.45) is 0 Å². The second kappa shape index (κ2) is 6.59. The molecule has 98 valence electrons. The average molecular weight is 242 g/mol. The molecule has 1 N–H and O–H groups in total. The molecule has 17 heavy (non-hydrogen) atoms. The zero-order valence-electron chi connectivity index (χ0n) is 10.9. The molecule has 0 aliphatic carbocycles. The number of nitrogens with zero attached hydrogens (tertiary/aromatic N) is 1. The third-order valence-corrected chi connectivity index (χ3v) is 2.68. The predicted octanol–water partition coefficient (Wildman–Crippen LogP) is 0.539. The van der Waals surface area contributed by atoms with E-state index in [1.165, 1.54) is 6.92 Å². The van der Waals surface area contributed by atoms with Crippen molar-refractivity contribution in [2.75, 3.05) is 19.7 Å². The van der Waals surface area contributed by atoms with Gasteiger partial charge in [0.1, 0.15) is 0 Å². The molecule has 1 heterocycles. The number of ether oxygens (including phenoxy) is 1. The number of amides is 2. The van der Waals surface area contributed by atoms with Crippen molar-refractivity contribution in [2.45, 2.75) is 45.8 Å². The highest BCUT2D eigenvalue weighted by atomic mass is 16.5. The minimum atomic E-state index is -0.117. The standard InChI is InChI=1S/C12H22N2O3/c1-9(2)13-12(16)8-14(10(3)15)7-11-5-4-6-17-11/h9,11H,4-8H2,1-3H3,(H,13,16). The van der Waals surface area contributed by atoms with Crippen LogP contribution >= 0.6 is 0 Å². The Kier molecular flexibility index (Phi) is 5.41. The maximum Gasteiger partial charge on any atom is 0.239 e. The Labute approximate surface area is 102 Å². The Morgan fingerprint density at radius 3 is 2.65 bits per heavy atom. The molecule has 0 spiro atoms. The first-order chi connectivity index (χ1) is 7.99. The van der Waals surface area contributed by atoms with Gasteiger partial charge in [0.05, 0.1) is 12.6 Å². The van der Waals surface area contributed by atoms with Gasteiger partial charge in [0.2, 0.25) is 11.8 Å². The van der Waals surface area contributed by atoms with E-state index < -0.39 is 0 Å². The van der Waals surface area contributed by atoms with Crippen LogP contribution in [0.3, 0.4) is 0 Å². The van der Waals surface area contributed by atoms with Crippen LogP contribution in [0.5, 0.6) is 0 Å². The SMILES string of the molecule is CC(=O)N(CC(=O)NC(C)C)CC1CCCO1. The molecule has 0 saturated carbocycles. The van der Waals surface area contributed by atoms with Crippen LogP contribution in [-0.2, 0) is 14.3 Å². The Morgan fingerprint density at radius 1 is 1.47 bits per heavy atom. The molecule has 1 atom stereocenters. The first-order valence-electron chi connectivity index (χ1n) is 6.15. The van der Waals surface area contributed by atoms with Crippen LogP contribution in [0.25, 0.3) is 0 Å². The lowest BCUT2D eigenvalue weighted by molar-refractivity contribution is -0.135. The van der Waals surface area contributed by atoms with E-state index in [4.69, 9.17) is 4.74 Å². The van der Waals surface area contributed by atoms with Crippen LogP contribution in [0.4, 0.5) is 0 Å². The van der Waals surface area contributed by atoms with E-state index in [-0.39, 0.29) is 30.5 Å². The zero-order valence-corrected chi connectivity index (χ0v) is 10.9. The summed E-state index contributed by atoms with van der Waals surface area (Å²) in [5.74, 6) is -0.201. The molecule has 0 radical (unpaired) electrons. The van der Waals surface area contributed by atoms with Gasteiger partial charge < -0.3 is 15.0 Å². The highest BCUT2D eigenvalue weighted by Gasteiger charge is 2.22. The van der Waals surface area contributed by atoms with Gasteiger partial charge in [0.15, 0.2) is 0 Å².